The number of aliphatic hydroxyl groups excluding tert-OH is 1. The molecular formula is C22H27N5O. The van der Waals surface area contributed by atoms with Gasteiger partial charge in [-0.3, -0.25) is 0 Å². The number of aliphatic hydroxyl groups is 1. The van der Waals surface area contributed by atoms with Crippen LogP contribution in [0.3, 0.4) is 0 Å². The van der Waals surface area contributed by atoms with Crippen LogP contribution in [0.25, 0.3) is 11.1 Å². The van der Waals surface area contributed by atoms with E-state index in [9.17, 15) is 5.11 Å². The minimum Gasteiger partial charge on any atom is -0.396 e. The molecular weight excluding hydrogens is 350 g/mol. The van der Waals surface area contributed by atoms with Crippen molar-refractivity contribution >= 4 is 5.95 Å². The second kappa shape index (κ2) is 8.10. The van der Waals surface area contributed by atoms with Gasteiger partial charge in [0.2, 0.25) is 5.95 Å². The molecule has 2 heterocycles. The van der Waals surface area contributed by atoms with Crippen molar-refractivity contribution in [2.24, 2.45) is 5.41 Å². The summed E-state index contributed by atoms with van der Waals surface area (Å²) < 4.78 is 1.86. The first-order valence-corrected chi connectivity index (χ1v) is 9.99. The van der Waals surface area contributed by atoms with Gasteiger partial charge in [-0.2, -0.15) is 0 Å². The Kier molecular flexibility index (Phi) is 5.39. The second-order valence-electron chi connectivity index (χ2n) is 7.74. The molecule has 0 aliphatic carbocycles. The molecule has 0 spiro atoms. The quantitative estimate of drug-likeness (QED) is 0.713. The third kappa shape index (κ3) is 3.78. The Labute approximate surface area is 165 Å². The van der Waals surface area contributed by atoms with Crippen LogP contribution in [-0.2, 0) is 6.54 Å². The van der Waals surface area contributed by atoms with Crippen molar-refractivity contribution in [2.75, 3.05) is 24.6 Å². The van der Waals surface area contributed by atoms with Gasteiger partial charge < -0.3 is 10.0 Å². The normalized spacial score (nSPS) is 19.7. The lowest BCUT2D eigenvalue weighted by atomic mass is 9.78. The van der Waals surface area contributed by atoms with Crippen LogP contribution in [0.4, 0.5) is 5.95 Å². The van der Waals surface area contributed by atoms with Gasteiger partial charge in [0.05, 0.1) is 13.2 Å². The number of rotatable bonds is 6. The van der Waals surface area contributed by atoms with Crippen molar-refractivity contribution in [1.29, 1.82) is 0 Å². The van der Waals surface area contributed by atoms with Gasteiger partial charge >= 0.3 is 0 Å². The number of aromatic nitrogens is 4. The first-order chi connectivity index (χ1) is 13.7. The predicted molar refractivity (Wildman–Crippen MR) is 110 cm³/mol. The Bertz CT molecular complexity index is 887. The van der Waals surface area contributed by atoms with Crippen molar-refractivity contribution in [2.45, 2.75) is 32.7 Å². The Balaban J connectivity index is 1.50. The fourth-order valence-corrected chi connectivity index (χ4v) is 4.04. The molecule has 1 atom stereocenters. The number of piperidine rings is 1. The highest BCUT2D eigenvalue weighted by Crippen LogP contribution is 2.34. The molecule has 1 fully saturated rings. The fraction of sp³-hybridized carbons (Fsp3) is 0.409. The van der Waals surface area contributed by atoms with Gasteiger partial charge in [-0.25, -0.2) is 4.68 Å². The summed E-state index contributed by atoms with van der Waals surface area (Å²) >= 11 is 0. The van der Waals surface area contributed by atoms with Crippen LogP contribution in [0.1, 0.15) is 31.7 Å². The average molecular weight is 377 g/mol. The van der Waals surface area contributed by atoms with Gasteiger partial charge in [0.15, 0.2) is 0 Å². The standard InChI is InChI=1S/C22H27N5O/c1-2-22(17-28)13-6-14-26(16-22)21-23-24-25-27(21)15-18-9-11-20(12-10-18)19-7-4-3-5-8-19/h3-5,7-12,28H,2,6,13-17H2,1H3/t22-/m1/s1. The molecule has 0 bridgehead atoms. The maximum absolute atomic E-state index is 9.90. The minimum absolute atomic E-state index is 0.0492. The van der Waals surface area contributed by atoms with Crippen molar-refractivity contribution in [3.05, 3.63) is 60.2 Å². The van der Waals surface area contributed by atoms with E-state index in [1.807, 2.05) is 10.7 Å². The molecule has 0 saturated carbocycles. The van der Waals surface area contributed by atoms with Crippen LogP contribution < -0.4 is 4.90 Å². The van der Waals surface area contributed by atoms with Crippen molar-refractivity contribution in [3.8, 4) is 11.1 Å². The molecule has 146 valence electrons. The molecule has 1 N–H and O–H groups in total. The lowest BCUT2D eigenvalue weighted by molar-refractivity contribution is 0.100. The number of benzene rings is 2. The smallest absolute Gasteiger partial charge is 0.245 e. The molecule has 28 heavy (non-hydrogen) atoms. The lowest BCUT2D eigenvalue weighted by Crippen LogP contribution is -2.46. The van der Waals surface area contributed by atoms with Crippen LogP contribution in [0.15, 0.2) is 54.6 Å². The van der Waals surface area contributed by atoms with Crippen molar-refractivity contribution in [3.63, 3.8) is 0 Å². The zero-order valence-corrected chi connectivity index (χ0v) is 16.3. The molecule has 1 aliphatic rings. The molecule has 3 aromatic rings. The topological polar surface area (TPSA) is 67.1 Å². The van der Waals surface area contributed by atoms with E-state index < -0.39 is 0 Å². The number of hydrogen-bond donors (Lipinski definition) is 1. The minimum atomic E-state index is -0.0492. The SMILES string of the molecule is CC[C@@]1(CO)CCCN(c2nnnn2Cc2ccc(-c3ccccc3)cc2)C1. The molecule has 6 heteroatoms. The largest absolute Gasteiger partial charge is 0.396 e. The second-order valence-corrected chi connectivity index (χ2v) is 7.74. The Morgan fingerprint density at radius 2 is 1.79 bits per heavy atom. The van der Waals surface area contributed by atoms with Crippen LogP contribution in [0.2, 0.25) is 0 Å². The summed E-state index contributed by atoms with van der Waals surface area (Å²) in [6, 6.07) is 18.9. The Morgan fingerprint density at radius 3 is 2.50 bits per heavy atom. The third-order valence-electron chi connectivity index (χ3n) is 5.94. The molecule has 0 amide bonds. The molecule has 2 aromatic carbocycles. The van der Waals surface area contributed by atoms with Gasteiger partial charge in [-0.1, -0.05) is 66.6 Å². The molecule has 1 aliphatic heterocycles. The summed E-state index contributed by atoms with van der Waals surface area (Å²) in [6.45, 7) is 4.72. The summed E-state index contributed by atoms with van der Waals surface area (Å²) in [7, 11) is 0. The van der Waals surface area contributed by atoms with Crippen LogP contribution in [0, 0.1) is 5.41 Å². The van der Waals surface area contributed by atoms with Crippen molar-refractivity contribution < 1.29 is 5.11 Å². The molecule has 6 nitrogen and oxygen atoms in total. The lowest BCUT2D eigenvalue weighted by Gasteiger charge is -2.41. The molecule has 1 aromatic heterocycles. The summed E-state index contributed by atoms with van der Waals surface area (Å²) in [5, 5.41) is 22.3. The molecule has 1 saturated heterocycles. The van der Waals surface area contributed by atoms with E-state index in [0.29, 0.717) is 6.54 Å². The Morgan fingerprint density at radius 1 is 1.04 bits per heavy atom. The van der Waals surface area contributed by atoms with Crippen LogP contribution in [0.5, 0.6) is 0 Å². The summed E-state index contributed by atoms with van der Waals surface area (Å²) in [5.41, 5.74) is 3.53. The van der Waals surface area contributed by atoms with Gasteiger partial charge in [0.1, 0.15) is 0 Å². The zero-order chi connectivity index (χ0) is 19.4. The van der Waals surface area contributed by atoms with Gasteiger partial charge in [-0.05, 0) is 46.4 Å². The first kappa shape index (κ1) is 18.6. The number of anilines is 1. The van der Waals surface area contributed by atoms with Gasteiger partial charge in [0, 0.05) is 18.5 Å². The first-order valence-electron chi connectivity index (χ1n) is 9.99. The maximum Gasteiger partial charge on any atom is 0.245 e. The highest BCUT2D eigenvalue weighted by atomic mass is 16.3. The predicted octanol–water partition coefficient (Wildman–Crippen LogP) is 3.38. The van der Waals surface area contributed by atoms with Crippen LogP contribution in [-0.4, -0.2) is 45.0 Å². The van der Waals surface area contributed by atoms with E-state index in [2.05, 4.69) is 75.9 Å². The fourth-order valence-electron chi connectivity index (χ4n) is 4.04. The van der Waals surface area contributed by atoms with Crippen LogP contribution >= 0.6 is 0 Å². The third-order valence-corrected chi connectivity index (χ3v) is 5.94. The van der Waals surface area contributed by atoms with E-state index >= 15 is 0 Å². The van der Waals surface area contributed by atoms with E-state index in [4.69, 9.17) is 0 Å². The molecule has 4 rings (SSSR count). The molecule has 0 unspecified atom stereocenters. The number of tetrazole rings is 1. The van der Waals surface area contributed by atoms with Gasteiger partial charge in [0.25, 0.3) is 0 Å². The maximum atomic E-state index is 9.90. The van der Waals surface area contributed by atoms with E-state index in [1.165, 1.54) is 11.1 Å². The highest BCUT2D eigenvalue weighted by molar-refractivity contribution is 5.63. The van der Waals surface area contributed by atoms with E-state index in [-0.39, 0.29) is 12.0 Å². The average Bonchev–Trinajstić information content (AvgIpc) is 3.23. The summed E-state index contributed by atoms with van der Waals surface area (Å²) in [4.78, 5) is 2.22. The number of nitrogens with zero attached hydrogens (tertiary/aromatic N) is 5. The zero-order valence-electron chi connectivity index (χ0n) is 16.3. The Hall–Kier alpha value is -2.73. The number of hydrogen-bond acceptors (Lipinski definition) is 5. The van der Waals surface area contributed by atoms with E-state index in [0.717, 1.165) is 43.9 Å². The monoisotopic (exact) mass is 377 g/mol. The van der Waals surface area contributed by atoms with Crippen molar-refractivity contribution in [1.82, 2.24) is 20.2 Å². The highest BCUT2D eigenvalue weighted by Gasteiger charge is 2.35. The summed E-state index contributed by atoms with van der Waals surface area (Å²) in [5.74, 6) is 0.790. The summed E-state index contributed by atoms with van der Waals surface area (Å²) in [6.07, 6.45) is 3.06. The van der Waals surface area contributed by atoms with E-state index in [1.54, 1.807) is 0 Å². The molecule has 0 radical (unpaired) electrons. The van der Waals surface area contributed by atoms with Gasteiger partial charge in [-0.15, -0.1) is 0 Å².